The molecule has 0 aromatic heterocycles. The van der Waals surface area contributed by atoms with Gasteiger partial charge in [-0.2, -0.15) is 0 Å². The van der Waals surface area contributed by atoms with E-state index in [1.807, 2.05) is 24.3 Å². The summed E-state index contributed by atoms with van der Waals surface area (Å²) < 4.78 is 11.3. The van der Waals surface area contributed by atoms with Crippen molar-refractivity contribution in [3.8, 4) is 11.5 Å². The third-order valence-electron chi connectivity index (χ3n) is 3.96. The lowest BCUT2D eigenvalue weighted by Gasteiger charge is -2.10. The number of aryl methyl sites for hydroxylation is 1. The molecule has 0 saturated heterocycles. The number of benzene rings is 2. The van der Waals surface area contributed by atoms with Gasteiger partial charge in [0.05, 0.1) is 14.2 Å². The smallest absolute Gasteiger partial charge is 0.251 e. The highest BCUT2D eigenvalue weighted by molar-refractivity contribution is 9.10. The van der Waals surface area contributed by atoms with Gasteiger partial charge in [-0.3, -0.25) is 9.59 Å². The summed E-state index contributed by atoms with van der Waals surface area (Å²) in [6.07, 6.45) is 1.05. The van der Waals surface area contributed by atoms with Crippen molar-refractivity contribution in [2.45, 2.75) is 12.8 Å². The predicted octanol–water partition coefficient (Wildman–Crippen LogP) is 2.95. The Hall–Kier alpha value is -2.54. The van der Waals surface area contributed by atoms with E-state index in [-0.39, 0.29) is 11.8 Å². The lowest BCUT2D eigenvalue weighted by atomic mass is 10.1. The summed E-state index contributed by atoms with van der Waals surface area (Å²) in [5, 5.41) is 5.57. The molecule has 7 heteroatoms. The molecule has 2 N–H and O–H groups in total. The zero-order valence-electron chi connectivity index (χ0n) is 15.4. The van der Waals surface area contributed by atoms with Crippen molar-refractivity contribution in [1.29, 1.82) is 0 Å². The maximum absolute atomic E-state index is 12.2. The van der Waals surface area contributed by atoms with Gasteiger partial charge in [-0.05, 0) is 36.2 Å². The van der Waals surface area contributed by atoms with E-state index >= 15 is 0 Å². The van der Waals surface area contributed by atoms with Gasteiger partial charge in [-0.25, -0.2) is 0 Å². The van der Waals surface area contributed by atoms with Crippen LogP contribution in [0.25, 0.3) is 0 Å². The summed E-state index contributed by atoms with van der Waals surface area (Å²) in [7, 11) is 3.06. The fourth-order valence-electron chi connectivity index (χ4n) is 2.50. The van der Waals surface area contributed by atoms with E-state index in [9.17, 15) is 9.59 Å². The Morgan fingerprint density at radius 2 is 1.67 bits per heavy atom. The molecule has 0 bridgehead atoms. The minimum Gasteiger partial charge on any atom is -0.493 e. The molecule has 0 aliphatic carbocycles. The molecule has 0 saturated carbocycles. The average molecular weight is 435 g/mol. The molecule has 27 heavy (non-hydrogen) atoms. The van der Waals surface area contributed by atoms with Gasteiger partial charge < -0.3 is 20.1 Å². The summed E-state index contributed by atoms with van der Waals surface area (Å²) >= 11 is 3.47. The van der Waals surface area contributed by atoms with E-state index in [2.05, 4.69) is 26.6 Å². The minimum atomic E-state index is -0.238. The standard InChI is InChI=1S/C20H23BrN2O4/c1-26-17-9-7-15(13-18(17)27-2)20(25)23-12-11-22-19(24)10-8-14-5-3-4-6-16(14)21/h3-7,9,13H,8,10-12H2,1-2H3,(H,22,24)(H,23,25). The topological polar surface area (TPSA) is 76.7 Å². The second kappa shape index (κ2) is 10.6. The number of halogens is 1. The minimum absolute atomic E-state index is 0.0499. The van der Waals surface area contributed by atoms with E-state index in [0.717, 1.165) is 10.0 Å². The van der Waals surface area contributed by atoms with Gasteiger partial charge in [0.15, 0.2) is 11.5 Å². The Kier molecular flexibility index (Phi) is 8.13. The molecule has 0 fully saturated rings. The number of ether oxygens (including phenoxy) is 2. The zero-order valence-corrected chi connectivity index (χ0v) is 17.0. The van der Waals surface area contributed by atoms with Crippen LogP contribution in [0.5, 0.6) is 11.5 Å². The van der Waals surface area contributed by atoms with E-state index in [4.69, 9.17) is 9.47 Å². The Bertz CT molecular complexity index is 795. The molecule has 0 atom stereocenters. The van der Waals surface area contributed by atoms with Gasteiger partial charge in [-0.1, -0.05) is 34.1 Å². The number of hydrogen-bond donors (Lipinski definition) is 2. The monoisotopic (exact) mass is 434 g/mol. The number of nitrogens with one attached hydrogen (secondary N) is 2. The molecule has 0 aliphatic heterocycles. The van der Waals surface area contributed by atoms with E-state index in [0.29, 0.717) is 43.0 Å². The molecular formula is C20H23BrN2O4. The second-order valence-corrected chi connectivity index (χ2v) is 6.62. The number of methoxy groups -OCH3 is 2. The first-order valence-corrected chi connectivity index (χ1v) is 9.34. The average Bonchev–Trinajstić information content (AvgIpc) is 2.69. The van der Waals surface area contributed by atoms with Gasteiger partial charge in [0.25, 0.3) is 5.91 Å². The first-order chi connectivity index (χ1) is 13.0. The normalized spacial score (nSPS) is 10.2. The summed E-state index contributed by atoms with van der Waals surface area (Å²) in [5.41, 5.74) is 1.56. The summed E-state index contributed by atoms with van der Waals surface area (Å²) in [6.45, 7) is 0.710. The molecule has 0 unspecified atom stereocenters. The molecule has 2 amide bonds. The van der Waals surface area contributed by atoms with E-state index in [1.165, 1.54) is 14.2 Å². The van der Waals surface area contributed by atoms with Gasteiger partial charge in [-0.15, -0.1) is 0 Å². The summed E-state index contributed by atoms with van der Waals surface area (Å²) in [5.74, 6) is 0.765. The molecule has 144 valence electrons. The van der Waals surface area contributed by atoms with Crippen LogP contribution < -0.4 is 20.1 Å². The highest BCUT2D eigenvalue weighted by Crippen LogP contribution is 2.27. The molecule has 0 aliphatic rings. The third-order valence-corrected chi connectivity index (χ3v) is 4.73. The van der Waals surface area contributed by atoms with Crippen LogP contribution in [0.15, 0.2) is 46.9 Å². The molecule has 0 heterocycles. The van der Waals surface area contributed by atoms with Crippen molar-refractivity contribution in [2.24, 2.45) is 0 Å². The molecule has 6 nitrogen and oxygen atoms in total. The number of carbonyl (C=O) groups is 2. The van der Waals surface area contributed by atoms with Gasteiger partial charge >= 0.3 is 0 Å². The molecule has 0 radical (unpaired) electrons. The maximum atomic E-state index is 12.2. The fraction of sp³-hybridized carbons (Fsp3) is 0.300. The van der Waals surface area contributed by atoms with E-state index < -0.39 is 0 Å². The SMILES string of the molecule is COc1ccc(C(=O)NCCNC(=O)CCc2ccccc2Br)cc1OC. The second-order valence-electron chi connectivity index (χ2n) is 5.77. The number of carbonyl (C=O) groups excluding carboxylic acids is 2. The van der Waals surface area contributed by atoms with Gasteiger partial charge in [0.1, 0.15) is 0 Å². The first-order valence-electron chi connectivity index (χ1n) is 8.55. The van der Waals surface area contributed by atoms with Crippen LogP contribution in [-0.2, 0) is 11.2 Å². The molecule has 2 rings (SSSR count). The van der Waals surface area contributed by atoms with Crippen molar-refractivity contribution >= 4 is 27.7 Å². The van der Waals surface area contributed by atoms with Crippen LogP contribution >= 0.6 is 15.9 Å². The van der Waals surface area contributed by atoms with Crippen LogP contribution in [0.4, 0.5) is 0 Å². The maximum Gasteiger partial charge on any atom is 0.251 e. The number of amides is 2. The lowest BCUT2D eigenvalue weighted by Crippen LogP contribution is -2.34. The van der Waals surface area contributed by atoms with Crippen LogP contribution in [0.3, 0.4) is 0 Å². The van der Waals surface area contributed by atoms with Crippen LogP contribution in [0.2, 0.25) is 0 Å². The number of rotatable bonds is 9. The van der Waals surface area contributed by atoms with Crippen LogP contribution in [0, 0.1) is 0 Å². The Balaban J connectivity index is 1.72. The van der Waals surface area contributed by atoms with Gasteiger partial charge in [0, 0.05) is 29.5 Å². The third kappa shape index (κ3) is 6.29. The van der Waals surface area contributed by atoms with Crippen molar-refractivity contribution in [3.63, 3.8) is 0 Å². The quantitative estimate of drug-likeness (QED) is 0.594. The van der Waals surface area contributed by atoms with Crippen molar-refractivity contribution in [3.05, 3.63) is 58.1 Å². The van der Waals surface area contributed by atoms with Crippen LogP contribution in [0.1, 0.15) is 22.3 Å². The lowest BCUT2D eigenvalue weighted by molar-refractivity contribution is -0.121. The van der Waals surface area contributed by atoms with E-state index in [1.54, 1.807) is 18.2 Å². The highest BCUT2D eigenvalue weighted by atomic mass is 79.9. The zero-order chi connectivity index (χ0) is 19.6. The molecule has 0 spiro atoms. The van der Waals surface area contributed by atoms with Crippen LogP contribution in [-0.4, -0.2) is 39.1 Å². The molecule has 2 aromatic carbocycles. The molecular weight excluding hydrogens is 412 g/mol. The number of hydrogen-bond acceptors (Lipinski definition) is 4. The molecule has 2 aromatic rings. The summed E-state index contributed by atoms with van der Waals surface area (Å²) in [6, 6.07) is 12.8. The predicted molar refractivity (Wildman–Crippen MR) is 107 cm³/mol. The van der Waals surface area contributed by atoms with Crippen molar-refractivity contribution < 1.29 is 19.1 Å². The Morgan fingerprint density at radius 1 is 0.963 bits per heavy atom. The van der Waals surface area contributed by atoms with Crippen molar-refractivity contribution in [2.75, 3.05) is 27.3 Å². The summed E-state index contributed by atoms with van der Waals surface area (Å²) in [4.78, 5) is 24.1. The largest absolute Gasteiger partial charge is 0.493 e. The first kappa shape index (κ1) is 20.8. The van der Waals surface area contributed by atoms with Gasteiger partial charge in [0.2, 0.25) is 5.91 Å². The van der Waals surface area contributed by atoms with Crippen molar-refractivity contribution in [1.82, 2.24) is 10.6 Å². The Morgan fingerprint density at radius 3 is 2.37 bits per heavy atom. The fourth-order valence-corrected chi connectivity index (χ4v) is 2.98. The highest BCUT2D eigenvalue weighted by Gasteiger charge is 2.10. The Labute approximate surface area is 167 Å².